The number of carbonyl (C=O) groups excluding carboxylic acids is 1. The average molecular weight is 475 g/mol. The van der Waals surface area contributed by atoms with Crippen LogP contribution in [0.1, 0.15) is 51.7 Å². The maximum absolute atomic E-state index is 14.1. The van der Waals surface area contributed by atoms with Gasteiger partial charge in [0.05, 0.1) is 33.0 Å². The molecule has 0 atom stereocenters. The van der Waals surface area contributed by atoms with Crippen molar-refractivity contribution >= 4 is 12.0 Å². The highest BCUT2D eigenvalue weighted by Gasteiger charge is 2.14. The second-order valence-corrected chi connectivity index (χ2v) is 7.37. The number of unbranched alkanes of at least 4 members (excludes halogenated alkanes) is 1. The molecule has 0 bridgehead atoms. The Bertz CT molecular complexity index is 941. The summed E-state index contributed by atoms with van der Waals surface area (Å²) in [4.78, 5) is 12.2. The zero-order chi connectivity index (χ0) is 24.8. The highest BCUT2D eigenvalue weighted by Crippen LogP contribution is 2.30. The fraction of sp³-hybridized carbons (Fsp3) is 0.444. The summed E-state index contributed by atoms with van der Waals surface area (Å²) in [7, 11) is 0. The van der Waals surface area contributed by atoms with Crippen LogP contribution in [0.25, 0.3) is 6.08 Å². The van der Waals surface area contributed by atoms with Crippen LogP contribution in [0.4, 0.5) is 4.39 Å². The Morgan fingerprint density at radius 2 is 1.56 bits per heavy atom. The predicted octanol–water partition coefficient (Wildman–Crippen LogP) is 5.97. The van der Waals surface area contributed by atoms with Gasteiger partial charge < -0.3 is 23.7 Å². The van der Waals surface area contributed by atoms with E-state index >= 15 is 0 Å². The van der Waals surface area contributed by atoms with Crippen LogP contribution in [0.2, 0.25) is 0 Å². The third kappa shape index (κ3) is 8.61. The molecule has 0 heterocycles. The lowest BCUT2D eigenvalue weighted by molar-refractivity contribution is -0.142. The van der Waals surface area contributed by atoms with E-state index in [4.69, 9.17) is 23.7 Å². The molecule has 2 aromatic rings. The Labute approximate surface area is 201 Å². The van der Waals surface area contributed by atoms with Crippen LogP contribution in [0.5, 0.6) is 17.2 Å². The van der Waals surface area contributed by atoms with Crippen molar-refractivity contribution in [2.24, 2.45) is 0 Å². The van der Waals surface area contributed by atoms with Gasteiger partial charge in [-0.05, 0) is 68.7 Å². The van der Waals surface area contributed by atoms with Gasteiger partial charge in [0.1, 0.15) is 0 Å². The van der Waals surface area contributed by atoms with E-state index in [9.17, 15) is 9.18 Å². The minimum Gasteiger partial charge on any atom is -0.491 e. The number of hydrogen-bond donors (Lipinski definition) is 0. The SMILES string of the molecule is CCCCOc1cc(/C=C(\OCC)C(=O)OCC)ccc1OCCc1ccc(OCC)c(F)c1. The summed E-state index contributed by atoms with van der Waals surface area (Å²) >= 11 is 0. The van der Waals surface area contributed by atoms with E-state index in [1.165, 1.54) is 6.07 Å². The monoisotopic (exact) mass is 474 g/mol. The first-order valence-electron chi connectivity index (χ1n) is 11.8. The zero-order valence-corrected chi connectivity index (χ0v) is 20.5. The minimum absolute atomic E-state index is 0.134. The first-order valence-corrected chi connectivity index (χ1v) is 11.8. The molecule has 0 N–H and O–H groups in total. The first-order chi connectivity index (χ1) is 16.5. The fourth-order valence-electron chi connectivity index (χ4n) is 3.09. The normalized spacial score (nSPS) is 11.1. The van der Waals surface area contributed by atoms with E-state index in [0.29, 0.717) is 44.3 Å². The lowest BCUT2D eigenvalue weighted by Crippen LogP contribution is -2.10. The number of esters is 1. The van der Waals surface area contributed by atoms with Crippen molar-refractivity contribution in [2.75, 3.05) is 33.0 Å². The third-order valence-electron chi connectivity index (χ3n) is 4.74. The van der Waals surface area contributed by atoms with Crippen molar-refractivity contribution in [3.05, 3.63) is 59.1 Å². The molecule has 0 aromatic heterocycles. The largest absolute Gasteiger partial charge is 0.491 e. The molecule has 2 aromatic carbocycles. The van der Waals surface area contributed by atoms with Crippen LogP contribution in [0.3, 0.4) is 0 Å². The van der Waals surface area contributed by atoms with Crippen LogP contribution >= 0.6 is 0 Å². The standard InChI is InChI=1S/C27H35FO6/c1-5-9-15-33-25-18-21(19-26(31-7-3)27(29)32-8-4)11-13-24(25)34-16-14-20-10-12-23(30-6-2)22(28)17-20/h10-13,17-19H,5-9,14-16H2,1-4H3/b26-19-. The molecule has 0 saturated carbocycles. The highest BCUT2D eigenvalue weighted by atomic mass is 19.1. The molecule has 7 heteroatoms. The molecule has 0 aliphatic heterocycles. The number of halogens is 1. The Morgan fingerprint density at radius 3 is 2.24 bits per heavy atom. The van der Waals surface area contributed by atoms with Crippen LogP contribution in [-0.4, -0.2) is 39.0 Å². The van der Waals surface area contributed by atoms with Crippen molar-refractivity contribution in [1.29, 1.82) is 0 Å². The highest BCUT2D eigenvalue weighted by molar-refractivity contribution is 5.91. The van der Waals surface area contributed by atoms with Crippen LogP contribution < -0.4 is 14.2 Å². The molecular weight excluding hydrogens is 439 g/mol. The summed E-state index contributed by atoms with van der Waals surface area (Å²) < 4.78 is 41.8. The number of hydrogen-bond acceptors (Lipinski definition) is 6. The Morgan fingerprint density at radius 1 is 0.824 bits per heavy atom. The summed E-state index contributed by atoms with van der Waals surface area (Å²) in [6.07, 6.45) is 4.05. The third-order valence-corrected chi connectivity index (χ3v) is 4.74. The van der Waals surface area contributed by atoms with Crippen LogP contribution in [-0.2, 0) is 20.7 Å². The molecule has 0 spiro atoms. The van der Waals surface area contributed by atoms with Gasteiger partial charge in [-0.2, -0.15) is 0 Å². The summed E-state index contributed by atoms with van der Waals surface area (Å²) in [6.45, 7) is 9.36. The number of carbonyl (C=O) groups is 1. The molecule has 0 fully saturated rings. The summed E-state index contributed by atoms with van der Waals surface area (Å²) in [5.41, 5.74) is 1.54. The first kappa shape index (κ1) is 27.0. The lowest BCUT2D eigenvalue weighted by Gasteiger charge is -2.14. The van der Waals surface area contributed by atoms with Crippen molar-refractivity contribution < 1.29 is 32.9 Å². The molecule has 2 rings (SSSR count). The Hall–Kier alpha value is -3.22. The van der Waals surface area contributed by atoms with Gasteiger partial charge in [0.25, 0.3) is 0 Å². The molecule has 34 heavy (non-hydrogen) atoms. The fourth-order valence-corrected chi connectivity index (χ4v) is 3.09. The number of ether oxygens (including phenoxy) is 5. The van der Waals surface area contributed by atoms with Crippen molar-refractivity contribution in [3.63, 3.8) is 0 Å². The van der Waals surface area contributed by atoms with Gasteiger partial charge in [-0.1, -0.05) is 25.5 Å². The maximum atomic E-state index is 14.1. The molecule has 186 valence electrons. The van der Waals surface area contributed by atoms with E-state index in [2.05, 4.69) is 6.92 Å². The van der Waals surface area contributed by atoms with Gasteiger partial charge in [-0.15, -0.1) is 0 Å². The van der Waals surface area contributed by atoms with Crippen molar-refractivity contribution in [1.82, 2.24) is 0 Å². The molecule has 0 aliphatic carbocycles. The van der Waals surface area contributed by atoms with Crippen molar-refractivity contribution in [3.8, 4) is 17.2 Å². The lowest BCUT2D eigenvalue weighted by atomic mass is 10.1. The van der Waals surface area contributed by atoms with Gasteiger partial charge in [0.15, 0.2) is 23.1 Å². The topological polar surface area (TPSA) is 63.2 Å². The van der Waals surface area contributed by atoms with Crippen molar-refractivity contribution in [2.45, 2.75) is 47.0 Å². The average Bonchev–Trinajstić information content (AvgIpc) is 2.82. The van der Waals surface area contributed by atoms with Crippen LogP contribution in [0, 0.1) is 5.82 Å². The Kier molecular flexibility index (Phi) is 11.8. The van der Waals surface area contributed by atoms with E-state index < -0.39 is 5.97 Å². The summed E-state index contributed by atoms with van der Waals surface area (Å²) in [5.74, 6) is 0.631. The quantitative estimate of drug-likeness (QED) is 0.137. The molecule has 6 nitrogen and oxygen atoms in total. The van der Waals surface area contributed by atoms with Crippen LogP contribution in [0.15, 0.2) is 42.2 Å². The van der Waals surface area contributed by atoms with Gasteiger partial charge in [0.2, 0.25) is 5.76 Å². The molecule has 0 amide bonds. The second-order valence-electron chi connectivity index (χ2n) is 7.37. The predicted molar refractivity (Wildman–Crippen MR) is 130 cm³/mol. The summed E-state index contributed by atoms with van der Waals surface area (Å²) in [5, 5.41) is 0. The van der Waals surface area contributed by atoms with Gasteiger partial charge in [-0.3, -0.25) is 0 Å². The molecule has 0 radical (unpaired) electrons. The smallest absolute Gasteiger partial charge is 0.373 e. The van der Waals surface area contributed by atoms with E-state index in [0.717, 1.165) is 24.0 Å². The zero-order valence-electron chi connectivity index (χ0n) is 20.5. The molecule has 0 aliphatic rings. The minimum atomic E-state index is -0.513. The van der Waals surface area contributed by atoms with Gasteiger partial charge in [-0.25, -0.2) is 9.18 Å². The maximum Gasteiger partial charge on any atom is 0.373 e. The second kappa shape index (κ2) is 14.8. The summed E-state index contributed by atoms with van der Waals surface area (Å²) in [6, 6.07) is 10.3. The molecule has 0 saturated heterocycles. The molecular formula is C27H35FO6. The van der Waals surface area contributed by atoms with Gasteiger partial charge >= 0.3 is 5.97 Å². The molecule has 0 unspecified atom stereocenters. The van der Waals surface area contributed by atoms with Gasteiger partial charge in [0, 0.05) is 6.42 Å². The van der Waals surface area contributed by atoms with E-state index in [1.807, 2.05) is 19.1 Å². The number of benzene rings is 2. The van der Waals surface area contributed by atoms with E-state index in [1.54, 1.807) is 38.1 Å². The Balaban J connectivity index is 2.15. The van der Waals surface area contributed by atoms with E-state index in [-0.39, 0.29) is 23.9 Å². The number of rotatable bonds is 15.